The highest BCUT2D eigenvalue weighted by Crippen LogP contribution is 2.66. The van der Waals surface area contributed by atoms with E-state index in [-0.39, 0.29) is 105 Å². The maximum atomic E-state index is 8.36. The summed E-state index contributed by atoms with van der Waals surface area (Å²) in [6.45, 7) is 86.1. The summed E-state index contributed by atoms with van der Waals surface area (Å²) >= 11 is 0. The van der Waals surface area contributed by atoms with E-state index in [4.69, 9.17) is 8.83 Å². The number of aryl methyl sites for hydroxylation is 3. The molecule has 9 aromatic carbocycles. The van der Waals surface area contributed by atoms with Crippen LogP contribution in [0.5, 0.6) is 0 Å². The maximum absolute atomic E-state index is 8.36. The minimum atomic E-state index is -0.356. The van der Waals surface area contributed by atoms with E-state index in [2.05, 4.69) is 388 Å². The zero-order chi connectivity index (χ0) is 100. The van der Waals surface area contributed by atoms with Gasteiger partial charge in [0.05, 0.1) is 11.4 Å². The molecule has 4 aliphatic heterocycles. The van der Waals surface area contributed by atoms with E-state index in [9.17, 15) is 0 Å². The first kappa shape index (κ1) is 94.2. The smallest absolute Gasteiger partial charge is 0.256 e. The Bertz CT molecular complexity index is 7250. The molecule has 0 N–H and O–H groups in total. The van der Waals surface area contributed by atoms with E-state index in [0.717, 1.165) is 127 Å². The van der Waals surface area contributed by atoms with E-state index in [0.29, 0.717) is 0 Å². The summed E-state index contributed by atoms with van der Waals surface area (Å²) in [7, 11) is 0. The molecule has 25 rings (SSSR count). The largest absolute Gasteiger partial charge is 0.444 e. The van der Waals surface area contributed by atoms with Crippen molar-refractivity contribution in [1.82, 2.24) is 0 Å². The Morgan fingerprint density at radius 3 is 1.08 bits per heavy atom. The highest BCUT2D eigenvalue weighted by molar-refractivity contribution is 7.01. The quantitative estimate of drug-likeness (QED) is 0.134. The van der Waals surface area contributed by atoms with E-state index < -0.39 is 0 Å². The number of nitrogens with zero attached hydrogens (tertiary/aromatic N) is 4. The Labute approximate surface area is 849 Å². The summed E-state index contributed by atoms with van der Waals surface area (Å²) in [5, 5.41) is 0. The van der Waals surface area contributed by atoms with Crippen molar-refractivity contribution >= 4 is 115 Å². The third kappa shape index (κ3) is 13.3. The van der Waals surface area contributed by atoms with Gasteiger partial charge in [0.1, 0.15) is 11.5 Å². The molecule has 0 spiro atoms. The van der Waals surface area contributed by atoms with Gasteiger partial charge in [-0.15, -0.1) is 0 Å². The molecule has 0 unspecified atom stereocenters. The molecule has 2 bridgehead atoms. The third-order valence-corrected chi connectivity index (χ3v) is 42.1. The Morgan fingerprint density at radius 1 is 0.277 bits per heavy atom. The molecule has 0 atom stereocenters. The number of rotatable bonds is 9. The Hall–Kier alpha value is -9.13. The summed E-state index contributed by atoms with van der Waals surface area (Å²) in [4.78, 5) is 11.3. The Balaban J connectivity index is 0.760. The second kappa shape index (κ2) is 29.2. The summed E-state index contributed by atoms with van der Waals surface area (Å²) in [6, 6.07) is 57.7. The monoisotopic (exact) mass is 1870 g/mol. The predicted molar refractivity (Wildman–Crippen MR) is 602 cm³/mol. The molecule has 6 nitrogen and oxygen atoms in total. The van der Waals surface area contributed by atoms with Crippen molar-refractivity contribution in [3.63, 3.8) is 0 Å². The summed E-state index contributed by atoms with van der Waals surface area (Å²) in [6.07, 6.45) is 22.4. The average molecular weight is 1870 g/mol. The van der Waals surface area contributed by atoms with Crippen LogP contribution in [0.25, 0.3) is 11.1 Å². The molecule has 8 heteroatoms. The molecule has 6 heterocycles. The molecule has 10 aliphatic carbocycles. The van der Waals surface area contributed by atoms with Gasteiger partial charge in [0.2, 0.25) is 0 Å². The fourth-order valence-corrected chi connectivity index (χ4v) is 31.4. The Morgan fingerprint density at radius 2 is 0.617 bits per heavy atom. The summed E-state index contributed by atoms with van der Waals surface area (Å²) in [5.74, 6) is 4.44. The van der Waals surface area contributed by atoms with Crippen LogP contribution < -0.4 is 52.4 Å². The third-order valence-electron chi connectivity index (χ3n) is 42.1. The highest BCUT2D eigenvalue weighted by atomic mass is 16.4. The van der Waals surface area contributed by atoms with Gasteiger partial charge in [-0.3, -0.25) is 9.80 Å². The topological polar surface area (TPSA) is 39.2 Å². The van der Waals surface area contributed by atoms with E-state index in [1.54, 1.807) is 11.1 Å². The van der Waals surface area contributed by atoms with Gasteiger partial charge in [0, 0.05) is 61.9 Å². The fourth-order valence-electron chi connectivity index (χ4n) is 31.4. The molecule has 2 aromatic heterocycles. The molecule has 1 saturated carbocycles. The lowest BCUT2D eigenvalue weighted by atomic mass is 9.32. The van der Waals surface area contributed by atoms with Crippen LogP contribution in [-0.2, 0) is 92.1 Å². The number of benzene rings is 9. The van der Waals surface area contributed by atoms with Crippen molar-refractivity contribution in [1.29, 1.82) is 0 Å². The molecular formula is C133H164B2N4O2. The van der Waals surface area contributed by atoms with Crippen molar-refractivity contribution in [2.24, 2.45) is 0 Å². The summed E-state index contributed by atoms with van der Waals surface area (Å²) in [5.41, 5.74) is 49.0. The first-order valence-corrected chi connectivity index (χ1v) is 55.5. The van der Waals surface area contributed by atoms with Crippen LogP contribution >= 0.6 is 0 Å². The van der Waals surface area contributed by atoms with Gasteiger partial charge in [0.15, 0.2) is 11.8 Å². The number of anilines is 12. The summed E-state index contributed by atoms with van der Waals surface area (Å²) < 4.78 is 16.6. The van der Waals surface area contributed by atoms with Crippen molar-refractivity contribution < 1.29 is 8.83 Å². The van der Waals surface area contributed by atoms with Gasteiger partial charge in [-0.25, -0.2) is 0 Å². The number of fused-ring (bicyclic) bond motifs is 19. The van der Waals surface area contributed by atoms with E-state index in [1.807, 2.05) is 0 Å². The van der Waals surface area contributed by atoms with Crippen LogP contribution in [0.15, 0.2) is 142 Å². The second-order valence-corrected chi connectivity index (χ2v) is 58.8. The molecule has 14 aliphatic rings. The van der Waals surface area contributed by atoms with Crippen LogP contribution in [0.4, 0.5) is 68.6 Å². The van der Waals surface area contributed by atoms with Crippen LogP contribution in [0, 0.1) is 20.8 Å². The Kier molecular flexibility index (Phi) is 19.5. The zero-order valence-corrected chi connectivity index (χ0v) is 93.1. The lowest BCUT2D eigenvalue weighted by Gasteiger charge is -2.55. The molecule has 0 amide bonds. The molecule has 734 valence electrons. The van der Waals surface area contributed by atoms with E-state index >= 15 is 0 Å². The van der Waals surface area contributed by atoms with Gasteiger partial charge >= 0.3 is 0 Å². The lowest BCUT2D eigenvalue weighted by molar-refractivity contribution is 0.153. The zero-order valence-electron chi connectivity index (χ0n) is 93.1. The van der Waals surface area contributed by atoms with Crippen molar-refractivity contribution in [3.8, 4) is 11.1 Å². The maximum Gasteiger partial charge on any atom is 0.256 e. The SMILES string of the molecule is Cc1cc2c3c(c1)N(c1ccc4c(c1)C(C)(C)CCC4(C)C)c1oc4c(c1B3c1cc3c(cc1N2c1cc2c(cc1-c1ccccc1)C(C)(C)CCC2(C)C)C1(C)CCC3(CCC(C)(C)c2cc3c5c(c2)N(c2cc6c(cc2C)C(C)(C)CCC6(C)C)c2oc6c(c2B5c2cc5c(cc2N3c2cc3c(cc2C)C(C)(C)CCC3(C)C)C(C)(C)CCC5(C)C)C(C)(C)CCC6(C)C)CC1)C(C)(C)CCC4(C)C. The first-order chi connectivity index (χ1) is 65.6. The molecule has 11 aromatic rings. The fraction of sp³-hybridized carbons (Fsp3) is 0.534. The van der Waals surface area contributed by atoms with Gasteiger partial charge in [-0.2, -0.15) is 0 Å². The van der Waals surface area contributed by atoms with Crippen molar-refractivity contribution in [3.05, 3.63) is 245 Å². The van der Waals surface area contributed by atoms with Crippen molar-refractivity contribution in [2.45, 2.75) is 456 Å². The van der Waals surface area contributed by atoms with Gasteiger partial charge < -0.3 is 18.6 Å². The minimum Gasteiger partial charge on any atom is -0.444 e. The molecule has 1 fully saturated rings. The first-order valence-electron chi connectivity index (χ1n) is 55.5. The molecular weight excluding hydrogens is 1710 g/mol. The molecule has 0 radical (unpaired) electrons. The van der Waals surface area contributed by atoms with E-state index in [1.165, 1.54) is 214 Å². The second-order valence-electron chi connectivity index (χ2n) is 58.8. The normalized spacial score (nSPS) is 24.6. The van der Waals surface area contributed by atoms with Gasteiger partial charge in [-0.1, -0.05) is 275 Å². The minimum absolute atomic E-state index is 0.0143. The standard InChI is InChI=1S/C133H164B2N4O2/c1-77-62-103-109-104(63-77)138(100-74-92-88(122(14,15)46-50-126(92,22)23)69-83(100)80-38-36-35-37-39-80)102-76-94-95(71-97(102)135(109)111-107-113(130(30,31)54-52-128(107,26)27)140-115(111)136(103)82-40-41-84-87(68-82)121(12,13)43-42-118(84,6)7)133(60-57-132(94,34)58-61-133)59-56-117(4,5)81-66-105-110-106(67-81)139(99-73-91-86(65-79(99)3)120(10,11)45-49-125(91,20)21)116-112(108-114(141-116)131(32,33)55-53-129(108,28)29)134(110)96-70-89-93(127(24,25)51-47-123(89,16)17)75-101(96)137(105)98-72-90-85(64-78(98)2)119(8,9)44-48-124(90,18)19/h35-41,62-76H,42-61H2,1-34H3. The van der Waals surface area contributed by atoms with Crippen molar-refractivity contribution in [2.75, 3.05) is 19.6 Å². The highest BCUT2D eigenvalue weighted by Gasteiger charge is 2.61. The van der Waals surface area contributed by atoms with Crippen LogP contribution in [0.2, 0.25) is 0 Å². The average Bonchev–Trinajstić information content (AvgIpc) is 1.62. The number of hydrogen-bond acceptors (Lipinski definition) is 6. The lowest BCUT2D eigenvalue weighted by Crippen LogP contribution is -2.63. The van der Waals surface area contributed by atoms with Crippen LogP contribution in [0.1, 0.15) is 455 Å². The van der Waals surface area contributed by atoms with Crippen LogP contribution in [0.3, 0.4) is 0 Å². The molecule has 0 saturated heterocycles. The number of hydrogen-bond donors (Lipinski definition) is 0. The predicted octanol–water partition coefficient (Wildman–Crippen LogP) is 32.9. The number of furan rings is 2. The van der Waals surface area contributed by atoms with Gasteiger partial charge in [0.25, 0.3) is 13.4 Å². The molecule has 141 heavy (non-hydrogen) atoms. The van der Waals surface area contributed by atoms with Gasteiger partial charge in [-0.05, 0) is 442 Å². The van der Waals surface area contributed by atoms with Crippen LogP contribution in [-0.4, -0.2) is 13.4 Å².